The predicted molar refractivity (Wildman–Crippen MR) is 77.4 cm³/mol. The Hall–Kier alpha value is -1.14. The van der Waals surface area contributed by atoms with Gasteiger partial charge in [0, 0.05) is 33.7 Å². The highest BCUT2D eigenvalue weighted by Crippen LogP contribution is 2.14. The Bertz CT molecular complexity index is 304. The third-order valence-corrected chi connectivity index (χ3v) is 3.52. The van der Waals surface area contributed by atoms with Gasteiger partial charge in [-0.15, -0.1) is 0 Å². The molecule has 1 unspecified atom stereocenters. The van der Waals surface area contributed by atoms with E-state index in [4.69, 9.17) is 4.74 Å². The van der Waals surface area contributed by atoms with E-state index in [-0.39, 0.29) is 18.4 Å². The van der Waals surface area contributed by atoms with Crippen molar-refractivity contribution in [3.05, 3.63) is 0 Å². The van der Waals surface area contributed by atoms with E-state index in [1.807, 2.05) is 0 Å². The zero-order chi connectivity index (χ0) is 14.8. The maximum Gasteiger partial charge on any atom is 0.239 e. The second kappa shape index (κ2) is 9.72. The summed E-state index contributed by atoms with van der Waals surface area (Å²) < 4.78 is 4.91. The first kappa shape index (κ1) is 16.9. The number of rotatable bonds is 8. The predicted octanol–water partition coefficient (Wildman–Crippen LogP) is -0.0128. The SMILES string of the molecule is COCCCNC(=O)CN(C)C(=O)CC1CCCNC1. The molecule has 0 radical (unpaired) electrons. The number of nitrogens with zero attached hydrogens (tertiary/aromatic N) is 1. The van der Waals surface area contributed by atoms with E-state index in [1.54, 1.807) is 14.2 Å². The van der Waals surface area contributed by atoms with Gasteiger partial charge < -0.3 is 20.3 Å². The van der Waals surface area contributed by atoms with Gasteiger partial charge >= 0.3 is 0 Å². The van der Waals surface area contributed by atoms with E-state index in [0.717, 1.165) is 32.4 Å². The summed E-state index contributed by atoms with van der Waals surface area (Å²) >= 11 is 0. The summed E-state index contributed by atoms with van der Waals surface area (Å²) in [5.74, 6) is 0.341. The maximum atomic E-state index is 12.0. The molecule has 1 heterocycles. The van der Waals surface area contributed by atoms with Gasteiger partial charge in [-0.2, -0.15) is 0 Å². The molecular weight excluding hydrogens is 258 g/mol. The van der Waals surface area contributed by atoms with Crippen molar-refractivity contribution >= 4 is 11.8 Å². The number of nitrogens with one attached hydrogen (secondary N) is 2. The Kier molecular flexibility index (Phi) is 8.22. The monoisotopic (exact) mass is 285 g/mol. The molecule has 0 aromatic heterocycles. The molecule has 0 bridgehead atoms. The average Bonchev–Trinajstić information content (AvgIpc) is 2.44. The van der Waals surface area contributed by atoms with Crippen molar-refractivity contribution in [3.63, 3.8) is 0 Å². The largest absolute Gasteiger partial charge is 0.385 e. The van der Waals surface area contributed by atoms with Crippen LogP contribution in [0.15, 0.2) is 0 Å². The van der Waals surface area contributed by atoms with Gasteiger partial charge in [0.2, 0.25) is 11.8 Å². The van der Waals surface area contributed by atoms with Crippen molar-refractivity contribution in [2.24, 2.45) is 5.92 Å². The number of hydrogen-bond acceptors (Lipinski definition) is 4. The molecule has 1 atom stereocenters. The third kappa shape index (κ3) is 6.86. The van der Waals surface area contributed by atoms with Crippen molar-refractivity contribution in [3.8, 4) is 0 Å². The Balaban J connectivity index is 2.17. The highest BCUT2D eigenvalue weighted by atomic mass is 16.5. The van der Waals surface area contributed by atoms with Gasteiger partial charge in [0.1, 0.15) is 0 Å². The minimum atomic E-state index is -0.112. The van der Waals surface area contributed by atoms with E-state index in [0.29, 0.717) is 25.5 Å². The average molecular weight is 285 g/mol. The molecule has 6 heteroatoms. The third-order valence-electron chi connectivity index (χ3n) is 3.52. The molecule has 20 heavy (non-hydrogen) atoms. The fourth-order valence-corrected chi connectivity index (χ4v) is 2.30. The number of piperidine rings is 1. The lowest BCUT2D eigenvalue weighted by atomic mass is 9.96. The molecule has 2 N–H and O–H groups in total. The Labute approximate surface area is 121 Å². The molecule has 1 rings (SSSR count). The highest BCUT2D eigenvalue weighted by molar-refractivity contribution is 5.84. The van der Waals surface area contributed by atoms with Crippen molar-refractivity contribution < 1.29 is 14.3 Å². The Morgan fingerprint density at radius 3 is 2.90 bits per heavy atom. The van der Waals surface area contributed by atoms with Crippen LogP contribution in [0.3, 0.4) is 0 Å². The standard InChI is InChI=1S/C14H27N3O3/c1-17(11-13(18)16-7-4-8-20-2)14(19)9-12-5-3-6-15-10-12/h12,15H,3-11H2,1-2H3,(H,16,18). The molecule has 0 aliphatic carbocycles. The van der Waals surface area contributed by atoms with Crippen molar-refractivity contribution in [2.45, 2.75) is 25.7 Å². The van der Waals surface area contributed by atoms with E-state index in [2.05, 4.69) is 10.6 Å². The molecular formula is C14H27N3O3. The molecule has 0 aromatic rings. The van der Waals surface area contributed by atoms with E-state index < -0.39 is 0 Å². The minimum Gasteiger partial charge on any atom is -0.385 e. The second-order valence-corrected chi connectivity index (χ2v) is 5.36. The van der Waals surface area contributed by atoms with E-state index in [9.17, 15) is 9.59 Å². The molecule has 2 amide bonds. The molecule has 6 nitrogen and oxygen atoms in total. The minimum absolute atomic E-state index is 0.0470. The van der Waals surface area contributed by atoms with Crippen LogP contribution in [0, 0.1) is 5.92 Å². The van der Waals surface area contributed by atoms with Crippen LogP contribution in [0.2, 0.25) is 0 Å². The van der Waals surface area contributed by atoms with Crippen LogP contribution < -0.4 is 10.6 Å². The van der Waals surface area contributed by atoms with Crippen LogP contribution in [0.5, 0.6) is 0 Å². The van der Waals surface area contributed by atoms with Gasteiger partial charge in [0.05, 0.1) is 6.54 Å². The number of carbonyl (C=O) groups excluding carboxylic acids is 2. The number of methoxy groups -OCH3 is 1. The lowest BCUT2D eigenvalue weighted by Gasteiger charge is -2.24. The van der Waals surface area contributed by atoms with Gasteiger partial charge in [0.25, 0.3) is 0 Å². The van der Waals surface area contributed by atoms with Crippen LogP contribution in [0.25, 0.3) is 0 Å². The summed E-state index contributed by atoms with van der Waals surface area (Å²) in [7, 11) is 3.32. The first-order chi connectivity index (χ1) is 9.63. The van der Waals surface area contributed by atoms with Crippen LogP contribution >= 0.6 is 0 Å². The molecule has 1 aliphatic rings. The van der Waals surface area contributed by atoms with Crippen molar-refractivity contribution in [2.75, 3.05) is 46.9 Å². The smallest absolute Gasteiger partial charge is 0.239 e. The molecule has 0 saturated carbocycles. The summed E-state index contributed by atoms with van der Waals surface area (Å²) in [6, 6.07) is 0. The van der Waals surface area contributed by atoms with Crippen LogP contribution in [-0.2, 0) is 14.3 Å². The van der Waals surface area contributed by atoms with Crippen molar-refractivity contribution in [1.29, 1.82) is 0 Å². The van der Waals surface area contributed by atoms with E-state index >= 15 is 0 Å². The van der Waals surface area contributed by atoms with Gasteiger partial charge in [-0.3, -0.25) is 9.59 Å². The molecule has 1 fully saturated rings. The van der Waals surface area contributed by atoms with Crippen LogP contribution in [0.4, 0.5) is 0 Å². The highest BCUT2D eigenvalue weighted by Gasteiger charge is 2.20. The van der Waals surface area contributed by atoms with Crippen molar-refractivity contribution in [1.82, 2.24) is 15.5 Å². The lowest BCUT2D eigenvalue weighted by molar-refractivity contribution is -0.135. The molecule has 1 aliphatic heterocycles. The summed E-state index contributed by atoms with van der Waals surface area (Å²) in [5.41, 5.74) is 0. The lowest BCUT2D eigenvalue weighted by Crippen LogP contribution is -2.40. The second-order valence-electron chi connectivity index (χ2n) is 5.36. The summed E-state index contributed by atoms with van der Waals surface area (Å²) in [5, 5.41) is 6.08. The topological polar surface area (TPSA) is 70.7 Å². The molecule has 0 spiro atoms. The van der Waals surface area contributed by atoms with Gasteiger partial charge in [-0.05, 0) is 38.3 Å². The summed E-state index contributed by atoms with van der Waals surface area (Å²) in [4.78, 5) is 25.2. The Morgan fingerprint density at radius 2 is 2.25 bits per heavy atom. The number of likely N-dealkylation sites (N-methyl/N-ethyl adjacent to an activating group) is 1. The summed E-state index contributed by atoms with van der Waals surface area (Å²) in [6.07, 6.45) is 3.53. The van der Waals surface area contributed by atoms with Gasteiger partial charge in [-0.1, -0.05) is 0 Å². The quantitative estimate of drug-likeness (QED) is 0.615. The summed E-state index contributed by atoms with van der Waals surface area (Å²) in [6.45, 7) is 3.30. The molecule has 1 saturated heterocycles. The van der Waals surface area contributed by atoms with Crippen LogP contribution in [0.1, 0.15) is 25.7 Å². The first-order valence-corrected chi connectivity index (χ1v) is 7.33. The first-order valence-electron chi connectivity index (χ1n) is 7.33. The fraction of sp³-hybridized carbons (Fsp3) is 0.857. The fourth-order valence-electron chi connectivity index (χ4n) is 2.30. The Morgan fingerprint density at radius 1 is 1.45 bits per heavy atom. The zero-order valence-corrected chi connectivity index (χ0v) is 12.6. The van der Waals surface area contributed by atoms with E-state index in [1.165, 1.54) is 4.90 Å². The number of hydrogen-bond donors (Lipinski definition) is 2. The maximum absolute atomic E-state index is 12.0. The van der Waals surface area contributed by atoms with Gasteiger partial charge in [-0.25, -0.2) is 0 Å². The number of amides is 2. The molecule has 0 aromatic carbocycles. The number of carbonyl (C=O) groups is 2. The van der Waals surface area contributed by atoms with Crippen LogP contribution in [-0.4, -0.2) is 63.7 Å². The number of ether oxygens (including phenoxy) is 1. The van der Waals surface area contributed by atoms with Gasteiger partial charge in [0.15, 0.2) is 0 Å². The zero-order valence-electron chi connectivity index (χ0n) is 12.6. The molecule has 116 valence electrons. The normalized spacial score (nSPS) is 18.6.